The van der Waals surface area contributed by atoms with E-state index in [1.165, 1.54) is 6.92 Å². The molecule has 0 atom stereocenters. The molecule has 1 amide bonds. The number of amides is 1. The Balaban J connectivity index is 2.85. The van der Waals surface area contributed by atoms with E-state index < -0.39 is 0 Å². The van der Waals surface area contributed by atoms with E-state index in [9.17, 15) is 4.79 Å². The van der Waals surface area contributed by atoms with E-state index in [4.69, 9.17) is 0 Å². The predicted octanol–water partition coefficient (Wildman–Crippen LogP) is -0.794. The summed E-state index contributed by atoms with van der Waals surface area (Å²) >= 11 is 1.06. The first-order chi connectivity index (χ1) is 2.27. The van der Waals surface area contributed by atoms with E-state index in [2.05, 4.69) is 3.54 Å². The molecule has 0 heterocycles. The number of carbonyl (C=O) groups excluding carboxylic acids is 1. The molecule has 0 aliphatic rings. The van der Waals surface area contributed by atoms with Crippen LogP contribution in [0.5, 0.6) is 0 Å². The average Bonchev–Trinajstić information content (AvgIpc) is 1.38. The molecule has 0 unspecified atom stereocenters. The molecule has 0 spiro atoms. The molecule has 0 aliphatic heterocycles. The van der Waals surface area contributed by atoms with E-state index in [1.54, 1.807) is 0 Å². The first-order valence-corrected chi connectivity index (χ1v) is 2.63. The standard InChI is InChI=1S/C2H5NO.Sn/c1-2(3)4;/h1H3,(H2,3,4);/q;+1/p-1. The fraction of sp³-hybridized carbons (Fsp3) is 0.500. The molecule has 0 aromatic rings. The van der Waals surface area contributed by atoms with Crippen LogP contribution in [0.2, 0.25) is 0 Å². The van der Waals surface area contributed by atoms with Crippen LogP contribution in [-0.2, 0) is 4.79 Å². The Morgan fingerprint density at radius 1 is 2.00 bits per heavy atom. The summed E-state index contributed by atoms with van der Waals surface area (Å²) in [6, 6.07) is 0. The summed E-state index contributed by atoms with van der Waals surface area (Å²) in [7, 11) is 0. The van der Waals surface area contributed by atoms with Gasteiger partial charge in [-0.15, -0.1) is 0 Å². The van der Waals surface area contributed by atoms with Gasteiger partial charge in [-0.2, -0.15) is 0 Å². The minimum absolute atomic E-state index is 0.0446. The van der Waals surface area contributed by atoms with Gasteiger partial charge in [0.25, 0.3) is 0 Å². The fourth-order valence-electron chi connectivity index (χ4n) is 0. The molecule has 0 rings (SSSR count). The van der Waals surface area contributed by atoms with Gasteiger partial charge in [0.05, 0.1) is 0 Å². The van der Waals surface area contributed by atoms with Gasteiger partial charge < -0.3 is 0 Å². The molecular formula is C2H4NOSn. The van der Waals surface area contributed by atoms with E-state index in [-0.39, 0.29) is 5.91 Å². The van der Waals surface area contributed by atoms with Crippen LogP contribution in [0.15, 0.2) is 0 Å². The summed E-state index contributed by atoms with van der Waals surface area (Å²) < 4.78 is 2.48. The third-order valence-electron chi connectivity index (χ3n) is 0.176. The van der Waals surface area contributed by atoms with Crippen molar-refractivity contribution in [3.8, 4) is 0 Å². The van der Waals surface area contributed by atoms with Crippen LogP contribution in [0, 0.1) is 0 Å². The van der Waals surface area contributed by atoms with Crippen LogP contribution >= 0.6 is 0 Å². The minimum atomic E-state index is 0.0446. The first kappa shape index (κ1) is 5.27. The summed E-state index contributed by atoms with van der Waals surface area (Å²) in [4.78, 5) is 9.72. The Morgan fingerprint density at radius 3 is 2.20 bits per heavy atom. The maximum atomic E-state index is 9.72. The van der Waals surface area contributed by atoms with Gasteiger partial charge in [-0.1, -0.05) is 0 Å². The van der Waals surface area contributed by atoms with Crippen LogP contribution in [0.4, 0.5) is 0 Å². The number of rotatable bonds is 0. The Bertz CT molecular complexity index is 44.9. The van der Waals surface area contributed by atoms with Crippen LogP contribution in [0.3, 0.4) is 0 Å². The molecular weight excluding hydrogens is 173 g/mol. The molecule has 0 aromatic heterocycles. The zero-order chi connectivity index (χ0) is 4.28. The summed E-state index contributed by atoms with van der Waals surface area (Å²) in [5.41, 5.74) is 0. The van der Waals surface area contributed by atoms with Crippen molar-refractivity contribution in [1.29, 1.82) is 0 Å². The number of hydrogen-bond acceptors (Lipinski definition) is 1. The number of carbonyl (C=O) groups is 1. The monoisotopic (exact) mass is 178 g/mol. The van der Waals surface area contributed by atoms with E-state index in [1.807, 2.05) is 0 Å². The van der Waals surface area contributed by atoms with Gasteiger partial charge in [-0.05, 0) is 0 Å². The van der Waals surface area contributed by atoms with Crippen molar-refractivity contribution in [2.75, 3.05) is 0 Å². The maximum absolute atomic E-state index is 9.72. The van der Waals surface area contributed by atoms with Crippen LogP contribution in [0.1, 0.15) is 6.92 Å². The van der Waals surface area contributed by atoms with Gasteiger partial charge in [0.1, 0.15) is 0 Å². The average molecular weight is 177 g/mol. The van der Waals surface area contributed by atoms with Gasteiger partial charge in [0.2, 0.25) is 0 Å². The molecule has 5 heavy (non-hydrogen) atoms. The molecule has 3 heteroatoms. The Hall–Kier alpha value is 0.269. The Morgan fingerprint density at radius 2 is 2.20 bits per heavy atom. The van der Waals surface area contributed by atoms with Crippen molar-refractivity contribution in [1.82, 2.24) is 3.54 Å². The third kappa shape index (κ3) is 4.27. The topological polar surface area (TPSA) is 29.1 Å². The second-order valence-electron chi connectivity index (χ2n) is 0.681. The summed E-state index contributed by atoms with van der Waals surface area (Å²) in [5, 5.41) is 0. The number of hydrogen-bond donors (Lipinski definition) is 1. The van der Waals surface area contributed by atoms with Gasteiger partial charge in [-0.3, -0.25) is 0 Å². The normalized spacial score (nSPS) is 6.80. The number of nitrogens with one attached hydrogen (secondary N) is 1. The quantitative estimate of drug-likeness (QED) is 0.482. The van der Waals surface area contributed by atoms with Gasteiger partial charge in [-0.25, -0.2) is 0 Å². The molecule has 0 fully saturated rings. The molecule has 2 nitrogen and oxygen atoms in total. The van der Waals surface area contributed by atoms with E-state index in [0.717, 1.165) is 22.8 Å². The molecule has 3 radical (unpaired) electrons. The molecule has 0 saturated carbocycles. The van der Waals surface area contributed by atoms with Crippen molar-refractivity contribution in [3.05, 3.63) is 0 Å². The summed E-state index contributed by atoms with van der Waals surface area (Å²) in [6.45, 7) is 1.49. The van der Waals surface area contributed by atoms with Gasteiger partial charge in [0.15, 0.2) is 0 Å². The molecule has 27 valence electrons. The van der Waals surface area contributed by atoms with Crippen LogP contribution in [0.25, 0.3) is 0 Å². The van der Waals surface area contributed by atoms with Gasteiger partial charge in [0, 0.05) is 0 Å². The van der Waals surface area contributed by atoms with Crippen LogP contribution in [-0.4, -0.2) is 28.7 Å². The molecule has 1 N–H and O–H groups in total. The first-order valence-electron chi connectivity index (χ1n) is 1.20. The fourth-order valence-corrected chi connectivity index (χ4v) is 0. The third-order valence-corrected chi connectivity index (χ3v) is 1.18. The SMILES string of the molecule is CC(=O)[NH][Sn]. The second kappa shape index (κ2) is 2.50. The molecule has 0 aliphatic carbocycles. The van der Waals surface area contributed by atoms with Crippen molar-refractivity contribution in [2.24, 2.45) is 0 Å². The molecule has 0 aromatic carbocycles. The van der Waals surface area contributed by atoms with Crippen molar-refractivity contribution >= 4 is 28.7 Å². The van der Waals surface area contributed by atoms with Crippen molar-refractivity contribution in [2.45, 2.75) is 6.92 Å². The predicted molar refractivity (Wildman–Crippen MR) is 19.6 cm³/mol. The van der Waals surface area contributed by atoms with E-state index >= 15 is 0 Å². The van der Waals surface area contributed by atoms with Gasteiger partial charge >= 0.3 is 44.0 Å². The molecule has 0 bridgehead atoms. The second-order valence-corrected chi connectivity index (χ2v) is 1.39. The summed E-state index contributed by atoms with van der Waals surface area (Å²) in [5.74, 6) is 0.0446. The van der Waals surface area contributed by atoms with E-state index in [0.29, 0.717) is 0 Å². The zero-order valence-electron chi connectivity index (χ0n) is 2.91. The molecule has 0 saturated heterocycles. The Kier molecular flexibility index (Phi) is 2.64. The zero-order valence-corrected chi connectivity index (χ0v) is 5.76. The van der Waals surface area contributed by atoms with Crippen molar-refractivity contribution in [3.63, 3.8) is 0 Å². The Labute approximate surface area is 44.4 Å². The van der Waals surface area contributed by atoms with Crippen LogP contribution < -0.4 is 3.54 Å². The van der Waals surface area contributed by atoms with Crippen molar-refractivity contribution < 1.29 is 4.79 Å². The summed E-state index contributed by atoms with van der Waals surface area (Å²) in [6.07, 6.45) is 0.